The van der Waals surface area contributed by atoms with E-state index in [1.54, 1.807) is 12.1 Å². The van der Waals surface area contributed by atoms with Gasteiger partial charge in [-0.1, -0.05) is 25.0 Å². The monoisotopic (exact) mass is 253 g/mol. The SMILES string of the molecule is CNCc1ccc(S(=O)(=O)C2CCCC2)cc1. The summed E-state index contributed by atoms with van der Waals surface area (Å²) in [5, 5.41) is 2.89. The zero-order valence-electron chi connectivity index (χ0n) is 10.1. The highest BCUT2D eigenvalue weighted by Gasteiger charge is 2.29. The summed E-state index contributed by atoms with van der Waals surface area (Å²) in [5.41, 5.74) is 1.11. The highest BCUT2D eigenvalue weighted by molar-refractivity contribution is 7.92. The molecule has 2 rings (SSSR count). The number of benzene rings is 1. The number of nitrogens with one attached hydrogen (secondary N) is 1. The largest absolute Gasteiger partial charge is 0.316 e. The maximum atomic E-state index is 12.3. The molecule has 1 aromatic carbocycles. The van der Waals surface area contributed by atoms with Gasteiger partial charge in [0.2, 0.25) is 0 Å². The van der Waals surface area contributed by atoms with Gasteiger partial charge in [0.05, 0.1) is 10.1 Å². The highest BCUT2D eigenvalue weighted by atomic mass is 32.2. The van der Waals surface area contributed by atoms with Crippen LogP contribution in [0.15, 0.2) is 29.2 Å². The summed E-state index contributed by atoms with van der Waals surface area (Å²) in [4.78, 5) is 0.476. The van der Waals surface area contributed by atoms with Crippen molar-refractivity contribution in [1.82, 2.24) is 5.32 Å². The van der Waals surface area contributed by atoms with E-state index in [-0.39, 0.29) is 5.25 Å². The van der Waals surface area contributed by atoms with Gasteiger partial charge in [-0.15, -0.1) is 0 Å². The first-order valence-corrected chi connectivity index (χ1v) is 7.66. The van der Waals surface area contributed by atoms with E-state index < -0.39 is 9.84 Å². The van der Waals surface area contributed by atoms with Crippen LogP contribution in [0.2, 0.25) is 0 Å². The second-order valence-electron chi connectivity index (χ2n) is 4.63. The number of rotatable bonds is 4. The predicted molar refractivity (Wildman–Crippen MR) is 68.6 cm³/mol. The summed E-state index contributed by atoms with van der Waals surface area (Å²) in [6.07, 6.45) is 3.73. The molecule has 1 aromatic rings. The molecule has 0 unspecified atom stereocenters. The smallest absolute Gasteiger partial charge is 0.181 e. The molecule has 0 aromatic heterocycles. The van der Waals surface area contributed by atoms with Gasteiger partial charge < -0.3 is 5.32 Å². The van der Waals surface area contributed by atoms with Crippen molar-refractivity contribution in [1.29, 1.82) is 0 Å². The predicted octanol–water partition coefficient (Wildman–Crippen LogP) is 2.12. The maximum absolute atomic E-state index is 12.3. The highest BCUT2D eigenvalue weighted by Crippen LogP contribution is 2.29. The lowest BCUT2D eigenvalue weighted by Gasteiger charge is -2.11. The molecule has 1 saturated carbocycles. The van der Waals surface area contributed by atoms with E-state index in [0.29, 0.717) is 4.90 Å². The standard InChI is InChI=1S/C13H19NO2S/c1-14-10-11-6-8-13(9-7-11)17(15,16)12-4-2-3-5-12/h6-9,12,14H,2-5,10H2,1H3. The molecule has 3 nitrogen and oxygen atoms in total. The van der Waals surface area contributed by atoms with Crippen molar-refractivity contribution in [2.24, 2.45) is 0 Å². The minimum atomic E-state index is -3.09. The van der Waals surface area contributed by atoms with Gasteiger partial charge in [-0.25, -0.2) is 8.42 Å². The average Bonchev–Trinajstić information content (AvgIpc) is 2.84. The first kappa shape index (κ1) is 12.6. The lowest BCUT2D eigenvalue weighted by molar-refractivity contribution is 0.579. The topological polar surface area (TPSA) is 46.2 Å². The molecule has 0 radical (unpaired) electrons. The van der Waals surface area contributed by atoms with Gasteiger partial charge in [-0.3, -0.25) is 0 Å². The number of hydrogen-bond acceptors (Lipinski definition) is 3. The zero-order valence-corrected chi connectivity index (χ0v) is 11.0. The van der Waals surface area contributed by atoms with E-state index in [9.17, 15) is 8.42 Å². The maximum Gasteiger partial charge on any atom is 0.181 e. The molecular weight excluding hydrogens is 234 g/mol. The van der Waals surface area contributed by atoms with Crippen LogP contribution in [0.1, 0.15) is 31.2 Å². The first-order chi connectivity index (χ1) is 8.14. The van der Waals surface area contributed by atoms with Crippen LogP contribution in [-0.4, -0.2) is 20.7 Å². The lowest BCUT2D eigenvalue weighted by atomic mass is 10.2. The molecule has 1 aliphatic carbocycles. The first-order valence-electron chi connectivity index (χ1n) is 6.12. The summed E-state index contributed by atoms with van der Waals surface area (Å²) >= 11 is 0. The zero-order chi connectivity index (χ0) is 12.3. The fourth-order valence-electron chi connectivity index (χ4n) is 2.39. The van der Waals surface area contributed by atoms with Gasteiger partial charge in [-0.2, -0.15) is 0 Å². The van der Waals surface area contributed by atoms with E-state index in [1.807, 2.05) is 19.2 Å². The molecule has 0 spiro atoms. The van der Waals surface area contributed by atoms with Crippen LogP contribution >= 0.6 is 0 Å². The van der Waals surface area contributed by atoms with Crippen molar-refractivity contribution in [3.05, 3.63) is 29.8 Å². The third-order valence-electron chi connectivity index (χ3n) is 3.37. The van der Waals surface area contributed by atoms with Crippen molar-refractivity contribution in [2.75, 3.05) is 7.05 Å². The Kier molecular flexibility index (Phi) is 3.84. The Morgan fingerprint density at radius 3 is 2.29 bits per heavy atom. The quantitative estimate of drug-likeness (QED) is 0.894. The van der Waals surface area contributed by atoms with Crippen molar-refractivity contribution >= 4 is 9.84 Å². The van der Waals surface area contributed by atoms with Gasteiger partial charge in [0.25, 0.3) is 0 Å². The van der Waals surface area contributed by atoms with Crippen LogP contribution in [0.3, 0.4) is 0 Å². The van der Waals surface area contributed by atoms with Crippen LogP contribution in [0.5, 0.6) is 0 Å². The Hall–Kier alpha value is -0.870. The molecule has 4 heteroatoms. The van der Waals surface area contributed by atoms with E-state index in [4.69, 9.17) is 0 Å². The van der Waals surface area contributed by atoms with E-state index in [2.05, 4.69) is 5.32 Å². The van der Waals surface area contributed by atoms with Crippen LogP contribution < -0.4 is 5.32 Å². The summed E-state index contributed by atoms with van der Waals surface area (Å²) in [6, 6.07) is 7.25. The molecule has 0 heterocycles. The molecule has 0 bridgehead atoms. The molecule has 1 fully saturated rings. The summed E-state index contributed by atoms with van der Waals surface area (Å²) in [7, 11) is -1.21. The van der Waals surface area contributed by atoms with Crippen molar-refractivity contribution in [2.45, 2.75) is 42.4 Å². The van der Waals surface area contributed by atoms with Crippen LogP contribution in [0.4, 0.5) is 0 Å². The average molecular weight is 253 g/mol. The number of sulfone groups is 1. The fraction of sp³-hybridized carbons (Fsp3) is 0.538. The summed E-state index contributed by atoms with van der Waals surface area (Å²) < 4.78 is 24.6. The van der Waals surface area contributed by atoms with Gasteiger partial charge in [0.1, 0.15) is 0 Å². The Morgan fingerprint density at radius 2 is 1.76 bits per heavy atom. The van der Waals surface area contributed by atoms with E-state index in [1.165, 1.54) is 0 Å². The number of hydrogen-bond donors (Lipinski definition) is 1. The van der Waals surface area contributed by atoms with Crippen LogP contribution in [0, 0.1) is 0 Å². The van der Waals surface area contributed by atoms with Crippen LogP contribution in [-0.2, 0) is 16.4 Å². The van der Waals surface area contributed by atoms with E-state index in [0.717, 1.165) is 37.8 Å². The van der Waals surface area contributed by atoms with Crippen molar-refractivity contribution in [3.63, 3.8) is 0 Å². The molecule has 17 heavy (non-hydrogen) atoms. The molecule has 0 amide bonds. The molecular formula is C13H19NO2S. The Labute approximate surface area is 103 Å². The second-order valence-corrected chi connectivity index (χ2v) is 6.85. The third kappa shape index (κ3) is 2.69. The Bertz CT molecular complexity index is 459. The van der Waals surface area contributed by atoms with Gasteiger partial charge in [-0.05, 0) is 37.6 Å². The lowest BCUT2D eigenvalue weighted by Crippen LogP contribution is -2.17. The minimum absolute atomic E-state index is 0.155. The summed E-state index contributed by atoms with van der Waals surface area (Å²) in [5.74, 6) is 0. The van der Waals surface area contributed by atoms with Gasteiger partial charge in [0.15, 0.2) is 9.84 Å². The molecule has 1 aliphatic rings. The normalized spacial score (nSPS) is 17.5. The molecule has 1 N–H and O–H groups in total. The van der Waals surface area contributed by atoms with Crippen molar-refractivity contribution in [3.8, 4) is 0 Å². The van der Waals surface area contributed by atoms with Gasteiger partial charge >= 0.3 is 0 Å². The summed E-state index contributed by atoms with van der Waals surface area (Å²) in [6.45, 7) is 0.768. The second kappa shape index (κ2) is 5.19. The molecule has 0 aliphatic heterocycles. The Morgan fingerprint density at radius 1 is 1.18 bits per heavy atom. The van der Waals surface area contributed by atoms with E-state index >= 15 is 0 Å². The molecule has 0 atom stereocenters. The van der Waals surface area contributed by atoms with Crippen LogP contribution in [0.25, 0.3) is 0 Å². The molecule has 94 valence electrons. The van der Waals surface area contributed by atoms with Gasteiger partial charge in [0, 0.05) is 6.54 Å². The third-order valence-corrected chi connectivity index (χ3v) is 5.65. The fourth-order valence-corrected chi connectivity index (χ4v) is 4.25. The minimum Gasteiger partial charge on any atom is -0.316 e. The van der Waals surface area contributed by atoms with Crippen molar-refractivity contribution < 1.29 is 8.42 Å². The molecule has 0 saturated heterocycles. The Balaban J connectivity index is 2.21.